The van der Waals surface area contributed by atoms with Gasteiger partial charge in [0, 0.05) is 19.0 Å². The first-order valence-electron chi connectivity index (χ1n) is 5.26. The molecule has 0 spiro atoms. The molecule has 2 heterocycles. The molecule has 1 amide bonds. The van der Waals surface area contributed by atoms with E-state index in [1.807, 2.05) is 0 Å². The highest BCUT2D eigenvalue weighted by Crippen LogP contribution is 2.22. The summed E-state index contributed by atoms with van der Waals surface area (Å²) in [5, 5.41) is 0. The molecule has 1 aliphatic heterocycles. The third-order valence-electron chi connectivity index (χ3n) is 2.66. The molecule has 0 radical (unpaired) electrons. The van der Waals surface area contributed by atoms with E-state index >= 15 is 0 Å². The topological polar surface area (TPSA) is 118 Å². The number of amides is 1. The summed E-state index contributed by atoms with van der Waals surface area (Å²) in [6, 6.07) is 1.11. The maximum atomic E-state index is 11.7. The van der Waals surface area contributed by atoms with Crippen molar-refractivity contribution in [3.8, 4) is 0 Å². The molecule has 3 N–H and O–H groups in total. The third kappa shape index (κ3) is 2.17. The Labute approximate surface area is 102 Å². The van der Waals surface area contributed by atoms with Gasteiger partial charge < -0.3 is 10.5 Å². The molecule has 96 valence electrons. The van der Waals surface area contributed by atoms with Crippen LogP contribution in [-0.4, -0.2) is 35.5 Å². The van der Waals surface area contributed by atoms with Gasteiger partial charge in [-0.1, -0.05) is 0 Å². The van der Waals surface area contributed by atoms with Crippen molar-refractivity contribution in [3.63, 3.8) is 0 Å². The number of H-pyrrole nitrogens is 1. The lowest BCUT2D eigenvalue weighted by molar-refractivity contribution is -0.145. The summed E-state index contributed by atoms with van der Waals surface area (Å²) in [6.07, 6.45) is 0.0329. The number of methoxy groups -OCH3 is 1. The maximum Gasteiger partial charge on any atom is 0.311 e. The van der Waals surface area contributed by atoms with Gasteiger partial charge in [0.15, 0.2) is 0 Å². The van der Waals surface area contributed by atoms with Gasteiger partial charge in [-0.05, 0) is 0 Å². The predicted octanol–water partition coefficient (Wildman–Crippen LogP) is -1.12. The fourth-order valence-corrected chi connectivity index (χ4v) is 1.83. The predicted molar refractivity (Wildman–Crippen MR) is 61.7 cm³/mol. The number of hydrogen-bond acceptors (Lipinski definition) is 6. The van der Waals surface area contributed by atoms with Crippen LogP contribution in [0.25, 0.3) is 0 Å². The van der Waals surface area contributed by atoms with E-state index in [-0.39, 0.29) is 30.6 Å². The van der Waals surface area contributed by atoms with Gasteiger partial charge in [-0.3, -0.25) is 24.3 Å². The molecule has 1 fully saturated rings. The molecule has 0 aliphatic carbocycles. The highest BCUT2D eigenvalue weighted by molar-refractivity contribution is 5.98. The zero-order valence-electron chi connectivity index (χ0n) is 9.67. The molecule has 1 saturated heterocycles. The van der Waals surface area contributed by atoms with Crippen molar-refractivity contribution in [3.05, 3.63) is 16.4 Å². The van der Waals surface area contributed by atoms with Gasteiger partial charge in [0.05, 0.1) is 13.0 Å². The lowest BCUT2D eigenvalue weighted by atomic mass is 10.1. The Balaban J connectivity index is 2.27. The van der Waals surface area contributed by atoms with Gasteiger partial charge in [-0.15, -0.1) is 0 Å². The number of anilines is 2. The molecule has 8 nitrogen and oxygen atoms in total. The quantitative estimate of drug-likeness (QED) is 0.643. The van der Waals surface area contributed by atoms with Gasteiger partial charge in [0.1, 0.15) is 5.82 Å². The van der Waals surface area contributed by atoms with Gasteiger partial charge in [-0.2, -0.15) is 4.98 Å². The van der Waals surface area contributed by atoms with Crippen molar-refractivity contribution < 1.29 is 14.3 Å². The minimum atomic E-state index is -0.547. The number of nitrogen functional groups attached to an aromatic ring is 1. The minimum Gasteiger partial charge on any atom is -0.469 e. The number of carbonyl (C=O) groups is 2. The molecule has 0 aromatic carbocycles. The molecular weight excluding hydrogens is 240 g/mol. The molecule has 0 bridgehead atoms. The minimum absolute atomic E-state index is 0.0167. The summed E-state index contributed by atoms with van der Waals surface area (Å²) < 4.78 is 4.58. The summed E-state index contributed by atoms with van der Waals surface area (Å²) >= 11 is 0. The number of ether oxygens (including phenoxy) is 1. The van der Waals surface area contributed by atoms with Crippen molar-refractivity contribution in [1.82, 2.24) is 9.97 Å². The van der Waals surface area contributed by atoms with Crippen molar-refractivity contribution in [2.45, 2.75) is 6.42 Å². The van der Waals surface area contributed by atoms with Crippen LogP contribution in [0, 0.1) is 5.92 Å². The zero-order chi connectivity index (χ0) is 13.3. The smallest absolute Gasteiger partial charge is 0.311 e. The van der Waals surface area contributed by atoms with Crippen LogP contribution < -0.4 is 16.2 Å². The number of nitrogens with one attached hydrogen (secondary N) is 1. The first-order valence-corrected chi connectivity index (χ1v) is 5.26. The lowest BCUT2D eigenvalue weighted by Crippen LogP contribution is -2.30. The Morgan fingerprint density at radius 1 is 1.61 bits per heavy atom. The number of aromatic nitrogens is 2. The summed E-state index contributed by atoms with van der Waals surface area (Å²) in [7, 11) is 1.26. The Kier molecular flexibility index (Phi) is 3.00. The van der Waals surface area contributed by atoms with Gasteiger partial charge in [0.25, 0.3) is 5.56 Å². The Morgan fingerprint density at radius 2 is 2.33 bits per heavy atom. The molecule has 1 atom stereocenters. The average Bonchev–Trinajstić information content (AvgIpc) is 2.69. The number of esters is 1. The van der Waals surface area contributed by atoms with Crippen molar-refractivity contribution in [1.29, 1.82) is 0 Å². The fraction of sp³-hybridized carbons (Fsp3) is 0.400. The number of carbonyl (C=O) groups excluding carboxylic acids is 2. The van der Waals surface area contributed by atoms with Gasteiger partial charge >= 0.3 is 5.97 Å². The van der Waals surface area contributed by atoms with Crippen LogP contribution in [0.1, 0.15) is 6.42 Å². The van der Waals surface area contributed by atoms with Crippen molar-refractivity contribution >= 4 is 23.6 Å². The van der Waals surface area contributed by atoms with E-state index in [4.69, 9.17) is 5.73 Å². The van der Waals surface area contributed by atoms with Crippen LogP contribution in [-0.2, 0) is 14.3 Å². The molecule has 1 aromatic heterocycles. The number of hydrogen-bond donors (Lipinski definition) is 2. The van der Waals surface area contributed by atoms with E-state index in [1.165, 1.54) is 12.0 Å². The Bertz CT molecular complexity index is 553. The van der Waals surface area contributed by atoms with Crippen molar-refractivity contribution in [2.75, 3.05) is 24.3 Å². The Morgan fingerprint density at radius 3 is 2.94 bits per heavy atom. The normalized spacial score (nSPS) is 19.1. The molecule has 8 heteroatoms. The van der Waals surface area contributed by atoms with Crippen LogP contribution in [0.15, 0.2) is 10.9 Å². The lowest BCUT2D eigenvalue weighted by Gasteiger charge is -2.14. The van der Waals surface area contributed by atoms with E-state index in [0.29, 0.717) is 0 Å². The summed E-state index contributed by atoms with van der Waals surface area (Å²) in [5.41, 5.74) is 4.98. The SMILES string of the molecule is COC(=O)C1CC(=O)N(c2nc(N)cc(=O)[nH]2)C1. The second-order valence-electron chi connectivity index (χ2n) is 3.92. The highest BCUT2D eigenvalue weighted by atomic mass is 16.5. The van der Waals surface area contributed by atoms with Crippen LogP contribution in [0.4, 0.5) is 11.8 Å². The molecule has 0 saturated carbocycles. The van der Waals surface area contributed by atoms with E-state index < -0.39 is 17.4 Å². The largest absolute Gasteiger partial charge is 0.469 e. The summed E-state index contributed by atoms with van der Waals surface area (Å²) in [4.78, 5) is 41.8. The Hall–Kier alpha value is -2.38. The van der Waals surface area contributed by atoms with Crippen LogP contribution in [0.3, 0.4) is 0 Å². The van der Waals surface area contributed by atoms with Crippen LogP contribution in [0.5, 0.6) is 0 Å². The van der Waals surface area contributed by atoms with Crippen LogP contribution >= 0.6 is 0 Å². The van der Waals surface area contributed by atoms with Gasteiger partial charge in [-0.25, -0.2) is 0 Å². The van der Waals surface area contributed by atoms with E-state index in [2.05, 4.69) is 14.7 Å². The standard InChI is InChI=1S/C10H12N4O4/c1-18-9(17)5-2-8(16)14(4-5)10-12-6(11)3-7(15)13-10/h3,5H,2,4H2,1H3,(H3,11,12,13,15). The fourth-order valence-electron chi connectivity index (χ4n) is 1.83. The number of nitrogens with two attached hydrogens (primary N) is 1. The highest BCUT2D eigenvalue weighted by Gasteiger charge is 2.36. The third-order valence-corrected chi connectivity index (χ3v) is 2.66. The number of aromatic amines is 1. The molecule has 1 unspecified atom stereocenters. The molecule has 1 aromatic rings. The molecular formula is C10H12N4O4. The summed E-state index contributed by atoms with van der Waals surface area (Å²) in [6.45, 7) is 0.123. The second-order valence-corrected chi connectivity index (χ2v) is 3.92. The monoisotopic (exact) mass is 252 g/mol. The van der Waals surface area contributed by atoms with Crippen molar-refractivity contribution in [2.24, 2.45) is 5.92 Å². The van der Waals surface area contributed by atoms with Gasteiger partial charge in [0.2, 0.25) is 11.9 Å². The first kappa shape index (κ1) is 12.1. The number of rotatable bonds is 2. The molecule has 2 rings (SSSR count). The van der Waals surface area contributed by atoms with E-state index in [9.17, 15) is 14.4 Å². The molecule has 1 aliphatic rings. The molecule has 18 heavy (non-hydrogen) atoms. The second kappa shape index (κ2) is 4.47. The van der Waals surface area contributed by atoms with Crippen LogP contribution in [0.2, 0.25) is 0 Å². The van der Waals surface area contributed by atoms with E-state index in [0.717, 1.165) is 6.07 Å². The van der Waals surface area contributed by atoms with E-state index in [1.54, 1.807) is 0 Å². The zero-order valence-corrected chi connectivity index (χ0v) is 9.67. The number of nitrogens with zero attached hydrogens (tertiary/aromatic N) is 2. The summed E-state index contributed by atoms with van der Waals surface area (Å²) in [5.74, 6) is -1.25. The maximum absolute atomic E-state index is 11.7. The average molecular weight is 252 g/mol. The first-order chi connectivity index (χ1) is 8.51.